The van der Waals surface area contributed by atoms with Crippen LogP contribution < -0.4 is 10.1 Å². The second-order valence-electron chi connectivity index (χ2n) is 5.54. The van der Waals surface area contributed by atoms with Crippen molar-refractivity contribution in [3.05, 3.63) is 29.6 Å². The van der Waals surface area contributed by atoms with Crippen molar-refractivity contribution < 1.29 is 23.5 Å². The number of amides is 1. The van der Waals surface area contributed by atoms with Crippen molar-refractivity contribution in [1.82, 2.24) is 5.32 Å². The van der Waals surface area contributed by atoms with Crippen molar-refractivity contribution in [3.8, 4) is 5.75 Å². The topological polar surface area (TPSA) is 64.6 Å². The molecule has 1 aromatic rings. The lowest BCUT2D eigenvalue weighted by Gasteiger charge is -2.19. The second kappa shape index (κ2) is 7.06. The molecule has 1 rings (SSSR count). The average Bonchev–Trinajstić information content (AvgIpc) is 2.34. The molecule has 0 aliphatic carbocycles. The predicted molar refractivity (Wildman–Crippen MR) is 75.9 cm³/mol. The summed E-state index contributed by atoms with van der Waals surface area (Å²) in [6, 6.07) is 4.30. The van der Waals surface area contributed by atoms with Gasteiger partial charge in [0.15, 0.2) is 17.3 Å². The SMILES string of the molecule is COc1ccc(CC(=O)CNC(=O)OC(C)(C)C)cc1F. The Balaban J connectivity index is 2.47. The van der Waals surface area contributed by atoms with Crippen LogP contribution in [-0.4, -0.2) is 31.1 Å². The zero-order valence-electron chi connectivity index (χ0n) is 12.7. The molecule has 0 saturated heterocycles. The third kappa shape index (κ3) is 6.25. The Morgan fingerprint density at radius 2 is 1.95 bits per heavy atom. The van der Waals surface area contributed by atoms with Crippen LogP contribution in [0.2, 0.25) is 0 Å². The van der Waals surface area contributed by atoms with Crippen LogP contribution in [0.25, 0.3) is 0 Å². The summed E-state index contributed by atoms with van der Waals surface area (Å²) in [6.45, 7) is 5.03. The van der Waals surface area contributed by atoms with Crippen LogP contribution in [0.5, 0.6) is 5.75 Å². The molecule has 0 bridgehead atoms. The molecule has 6 heteroatoms. The highest BCUT2D eigenvalue weighted by Crippen LogP contribution is 2.18. The lowest BCUT2D eigenvalue weighted by atomic mass is 10.1. The fraction of sp³-hybridized carbons (Fsp3) is 0.467. The summed E-state index contributed by atoms with van der Waals surface area (Å²) >= 11 is 0. The van der Waals surface area contributed by atoms with E-state index in [1.165, 1.54) is 19.2 Å². The zero-order chi connectivity index (χ0) is 16.0. The highest BCUT2D eigenvalue weighted by molar-refractivity contribution is 5.85. The molecule has 0 spiro atoms. The van der Waals surface area contributed by atoms with E-state index in [2.05, 4.69) is 5.32 Å². The quantitative estimate of drug-likeness (QED) is 0.906. The molecule has 5 nitrogen and oxygen atoms in total. The van der Waals surface area contributed by atoms with Crippen molar-refractivity contribution in [1.29, 1.82) is 0 Å². The summed E-state index contributed by atoms with van der Waals surface area (Å²) in [7, 11) is 1.37. The van der Waals surface area contributed by atoms with Gasteiger partial charge in [0, 0.05) is 6.42 Å². The maximum atomic E-state index is 13.5. The Labute approximate surface area is 123 Å². The number of Topliss-reactive ketones (excluding diaryl/α,β-unsaturated/α-hetero) is 1. The summed E-state index contributed by atoms with van der Waals surface area (Å²) in [6.07, 6.45) is -0.631. The van der Waals surface area contributed by atoms with Crippen molar-refractivity contribution in [2.45, 2.75) is 32.8 Å². The van der Waals surface area contributed by atoms with Crippen LogP contribution in [0.1, 0.15) is 26.3 Å². The van der Waals surface area contributed by atoms with E-state index in [1.807, 2.05) is 0 Å². The van der Waals surface area contributed by atoms with E-state index in [0.717, 1.165) is 0 Å². The number of ketones is 1. The molecular weight excluding hydrogens is 277 g/mol. The molecule has 0 unspecified atom stereocenters. The Hall–Kier alpha value is -2.11. The first-order chi connectivity index (χ1) is 9.71. The Morgan fingerprint density at radius 3 is 2.48 bits per heavy atom. The van der Waals surface area contributed by atoms with Crippen molar-refractivity contribution in [3.63, 3.8) is 0 Å². The number of nitrogens with one attached hydrogen (secondary N) is 1. The van der Waals surface area contributed by atoms with Gasteiger partial charge in [-0.15, -0.1) is 0 Å². The van der Waals surface area contributed by atoms with E-state index in [9.17, 15) is 14.0 Å². The third-order valence-corrected chi connectivity index (χ3v) is 2.45. The number of hydrogen-bond acceptors (Lipinski definition) is 4. The number of benzene rings is 1. The van der Waals surface area contributed by atoms with Crippen LogP contribution in [-0.2, 0) is 16.0 Å². The fourth-order valence-electron chi connectivity index (χ4n) is 1.59. The molecule has 0 saturated carbocycles. The molecule has 0 heterocycles. The molecule has 0 aliphatic heterocycles. The smallest absolute Gasteiger partial charge is 0.408 e. The number of ether oxygens (including phenoxy) is 2. The normalized spacial score (nSPS) is 10.9. The van der Waals surface area contributed by atoms with Gasteiger partial charge in [0.05, 0.1) is 13.7 Å². The minimum absolute atomic E-state index is 0.0245. The highest BCUT2D eigenvalue weighted by atomic mass is 19.1. The molecule has 0 aromatic heterocycles. The molecule has 0 fully saturated rings. The van der Waals surface area contributed by atoms with Crippen LogP contribution >= 0.6 is 0 Å². The molecule has 1 aromatic carbocycles. The molecule has 0 aliphatic rings. The maximum Gasteiger partial charge on any atom is 0.408 e. The number of rotatable bonds is 5. The molecule has 1 N–H and O–H groups in total. The van der Waals surface area contributed by atoms with Gasteiger partial charge in [-0.05, 0) is 38.5 Å². The van der Waals surface area contributed by atoms with Gasteiger partial charge in [0.1, 0.15) is 5.60 Å². The molecule has 1 amide bonds. The van der Waals surface area contributed by atoms with Crippen LogP contribution in [0.4, 0.5) is 9.18 Å². The zero-order valence-corrected chi connectivity index (χ0v) is 12.7. The lowest BCUT2D eigenvalue weighted by Crippen LogP contribution is -2.35. The largest absolute Gasteiger partial charge is 0.494 e. The lowest BCUT2D eigenvalue weighted by molar-refractivity contribution is -0.117. The number of carbonyl (C=O) groups is 2. The fourth-order valence-corrected chi connectivity index (χ4v) is 1.59. The van der Waals surface area contributed by atoms with Gasteiger partial charge in [-0.1, -0.05) is 6.07 Å². The standard InChI is InChI=1S/C15H20FNO4/c1-15(2,3)21-14(19)17-9-11(18)7-10-5-6-13(20-4)12(16)8-10/h5-6,8H,7,9H2,1-4H3,(H,17,19). The Kier molecular flexibility index (Phi) is 5.69. The second-order valence-corrected chi connectivity index (χ2v) is 5.54. The number of carbonyl (C=O) groups excluding carboxylic acids is 2. The van der Waals surface area contributed by atoms with Gasteiger partial charge in [0.25, 0.3) is 0 Å². The Morgan fingerprint density at radius 1 is 1.29 bits per heavy atom. The predicted octanol–water partition coefficient (Wildman–Crippen LogP) is 2.47. The molecule has 116 valence electrons. The first-order valence-electron chi connectivity index (χ1n) is 6.52. The van der Waals surface area contributed by atoms with E-state index in [0.29, 0.717) is 5.56 Å². The minimum atomic E-state index is -0.656. The molecule has 0 radical (unpaired) electrons. The summed E-state index contributed by atoms with van der Waals surface area (Å²) < 4.78 is 23.3. The number of methoxy groups -OCH3 is 1. The van der Waals surface area contributed by atoms with E-state index >= 15 is 0 Å². The van der Waals surface area contributed by atoms with Gasteiger partial charge in [-0.2, -0.15) is 0 Å². The molecular formula is C15H20FNO4. The van der Waals surface area contributed by atoms with E-state index in [4.69, 9.17) is 9.47 Å². The third-order valence-electron chi connectivity index (χ3n) is 2.45. The van der Waals surface area contributed by atoms with Crippen LogP contribution in [0, 0.1) is 5.82 Å². The van der Waals surface area contributed by atoms with E-state index in [1.54, 1.807) is 26.8 Å². The van der Waals surface area contributed by atoms with Crippen molar-refractivity contribution in [2.24, 2.45) is 0 Å². The summed E-state index contributed by atoms with van der Waals surface area (Å²) in [4.78, 5) is 23.1. The van der Waals surface area contributed by atoms with Crippen molar-refractivity contribution >= 4 is 11.9 Å². The summed E-state index contributed by atoms with van der Waals surface area (Å²) in [5.74, 6) is -0.647. The van der Waals surface area contributed by atoms with Gasteiger partial charge in [0.2, 0.25) is 0 Å². The minimum Gasteiger partial charge on any atom is -0.494 e. The van der Waals surface area contributed by atoms with E-state index < -0.39 is 17.5 Å². The first kappa shape index (κ1) is 16.9. The number of alkyl carbamates (subject to hydrolysis) is 1. The first-order valence-corrected chi connectivity index (χ1v) is 6.52. The van der Waals surface area contributed by atoms with Gasteiger partial charge in [-0.3, -0.25) is 4.79 Å². The summed E-state index contributed by atoms with van der Waals surface area (Å²) in [5, 5.41) is 2.37. The van der Waals surface area contributed by atoms with Crippen molar-refractivity contribution in [2.75, 3.05) is 13.7 Å². The Bertz CT molecular complexity index is 523. The van der Waals surface area contributed by atoms with Gasteiger partial charge >= 0.3 is 6.09 Å². The van der Waals surface area contributed by atoms with Crippen LogP contribution in [0.15, 0.2) is 18.2 Å². The van der Waals surface area contributed by atoms with Gasteiger partial charge in [-0.25, -0.2) is 9.18 Å². The maximum absolute atomic E-state index is 13.5. The number of halogens is 1. The molecule has 0 atom stereocenters. The highest BCUT2D eigenvalue weighted by Gasteiger charge is 2.16. The van der Waals surface area contributed by atoms with E-state index in [-0.39, 0.29) is 24.5 Å². The summed E-state index contributed by atoms with van der Waals surface area (Å²) in [5.41, 5.74) is -0.101. The average molecular weight is 297 g/mol. The van der Waals surface area contributed by atoms with Crippen LogP contribution in [0.3, 0.4) is 0 Å². The number of hydrogen-bond donors (Lipinski definition) is 1. The monoisotopic (exact) mass is 297 g/mol. The molecule has 21 heavy (non-hydrogen) atoms. The van der Waals surface area contributed by atoms with Gasteiger partial charge < -0.3 is 14.8 Å².